The second-order valence-electron chi connectivity index (χ2n) is 7.65. The van der Waals surface area contributed by atoms with Gasteiger partial charge >= 0.3 is 5.97 Å². The lowest BCUT2D eigenvalue weighted by Gasteiger charge is -2.35. The smallest absolute Gasteiger partial charge is 0.350 e. The number of hydrogen-bond acceptors (Lipinski definition) is 8. The number of carbonyl (C=O) groups is 3. The first-order valence-electron chi connectivity index (χ1n) is 9.89. The molecule has 3 aliphatic rings. The highest BCUT2D eigenvalue weighted by Crippen LogP contribution is 2.49. The van der Waals surface area contributed by atoms with Gasteiger partial charge in [0.05, 0.1) is 24.3 Å². The van der Waals surface area contributed by atoms with Gasteiger partial charge < -0.3 is 9.47 Å². The van der Waals surface area contributed by atoms with Crippen LogP contribution in [0.2, 0.25) is 0 Å². The number of thiazole rings is 1. The van der Waals surface area contributed by atoms with E-state index in [4.69, 9.17) is 9.47 Å². The minimum atomic E-state index is -0.584. The van der Waals surface area contributed by atoms with Gasteiger partial charge in [-0.2, -0.15) is 0 Å². The van der Waals surface area contributed by atoms with Gasteiger partial charge in [0, 0.05) is 4.88 Å². The molecule has 156 valence electrons. The van der Waals surface area contributed by atoms with E-state index >= 15 is 0 Å². The van der Waals surface area contributed by atoms with Crippen molar-refractivity contribution in [3.8, 4) is 0 Å². The number of nitrogens with zero attached hydrogens (tertiary/aromatic N) is 2. The Morgan fingerprint density at radius 2 is 2.10 bits per heavy atom. The number of hydrogen-bond donors (Lipinski definition) is 0. The summed E-state index contributed by atoms with van der Waals surface area (Å²) in [5.41, 5.74) is 0.920. The second kappa shape index (κ2) is 7.31. The number of anilines is 1. The van der Waals surface area contributed by atoms with Gasteiger partial charge in [-0.25, -0.2) is 9.78 Å². The standard InChI is InChI=1S/C21H20N2O5S2/c1-10-18(20(26)27-2)30-21(22-10)23-15(13-8-5-9-29-13)14-16(24)11-6-3-4-7-12(11)28-17(14)19(23)25/h5,8-9,11-12,15H,3-4,6-7H2,1-2H3. The van der Waals surface area contributed by atoms with Crippen LogP contribution in [0.1, 0.15) is 52.0 Å². The molecule has 0 spiro atoms. The SMILES string of the molecule is COC(=O)c1sc(N2C(=O)C3=C(C(=O)C4CCCCC4O3)C2c2cccs2)nc1C. The summed E-state index contributed by atoms with van der Waals surface area (Å²) in [4.78, 5) is 46.3. The number of Topliss-reactive ketones (excluding diaryl/α,β-unsaturated/α-hetero) is 1. The van der Waals surface area contributed by atoms with Crippen molar-refractivity contribution in [2.45, 2.75) is 44.8 Å². The largest absolute Gasteiger partial charge is 0.483 e. The van der Waals surface area contributed by atoms with E-state index in [9.17, 15) is 14.4 Å². The van der Waals surface area contributed by atoms with Crippen molar-refractivity contribution in [3.05, 3.63) is 44.3 Å². The number of ether oxygens (including phenoxy) is 2. The molecule has 30 heavy (non-hydrogen) atoms. The number of carbonyl (C=O) groups excluding carboxylic acids is 3. The number of amides is 1. The van der Waals surface area contributed by atoms with Gasteiger partial charge in [-0.3, -0.25) is 14.5 Å². The predicted octanol–water partition coefficient (Wildman–Crippen LogP) is 3.80. The van der Waals surface area contributed by atoms with Crippen LogP contribution in [-0.2, 0) is 19.1 Å². The minimum absolute atomic E-state index is 0.0108. The number of esters is 1. The molecule has 0 saturated heterocycles. The zero-order chi connectivity index (χ0) is 21.0. The van der Waals surface area contributed by atoms with Crippen molar-refractivity contribution in [1.82, 2.24) is 4.98 Å². The number of rotatable bonds is 3. The summed E-state index contributed by atoms with van der Waals surface area (Å²) < 4.78 is 11.0. The van der Waals surface area contributed by atoms with Crippen molar-refractivity contribution < 1.29 is 23.9 Å². The van der Waals surface area contributed by atoms with Crippen molar-refractivity contribution in [1.29, 1.82) is 0 Å². The molecule has 7 nitrogen and oxygen atoms in total. The van der Waals surface area contributed by atoms with Gasteiger partial charge in [0.25, 0.3) is 5.91 Å². The summed E-state index contributed by atoms with van der Waals surface area (Å²) >= 11 is 2.58. The van der Waals surface area contributed by atoms with E-state index in [1.165, 1.54) is 23.3 Å². The maximum absolute atomic E-state index is 13.5. The molecule has 1 amide bonds. The first kappa shape index (κ1) is 19.4. The summed E-state index contributed by atoms with van der Waals surface area (Å²) in [6.07, 6.45) is 3.33. The zero-order valence-electron chi connectivity index (χ0n) is 16.5. The fourth-order valence-electron chi connectivity index (χ4n) is 4.53. The van der Waals surface area contributed by atoms with Gasteiger partial charge in [-0.1, -0.05) is 23.8 Å². The quantitative estimate of drug-likeness (QED) is 0.670. The van der Waals surface area contributed by atoms with E-state index in [0.29, 0.717) is 21.3 Å². The Bertz CT molecular complexity index is 1070. The fourth-order valence-corrected chi connectivity index (χ4v) is 6.36. The van der Waals surface area contributed by atoms with Crippen molar-refractivity contribution >= 4 is 45.5 Å². The molecule has 0 bridgehead atoms. The highest BCUT2D eigenvalue weighted by molar-refractivity contribution is 7.17. The average Bonchev–Trinajstić information content (AvgIpc) is 3.46. The summed E-state index contributed by atoms with van der Waals surface area (Å²) in [6.45, 7) is 1.70. The normalized spacial score (nSPS) is 25.8. The van der Waals surface area contributed by atoms with E-state index in [2.05, 4.69) is 4.98 Å². The lowest BCUT2D eigenvalue weighted by atomic mass is 9.78. The molecule has 4 heterocycles. The van der Waals surface area contributed by atoms with Crippen molar-refractivity contribution in [3.63, 3.8) is 0 Å². The van der Waals surface area contributed by atoms with Crippen LogP contribution in [0, 0.1) is 12.8 Å². The zero-order valence-corrected chi connectivity index (χ0v) is 18.2. The molecule has 3 atom stereocenters. The molecule has 2 aliphatic heterocycles. The topological polar surface area (TPSA) is 85.8 Å². The third-order valence-electron chi connectivity index (χ3n) is 5.94. The highest BCUT2D eigenvalue weighted by Gasteiger charge is 2.53. The lowest BCUT2D eigenvalue weighted by molar-refractivity contribution is -0.131. The Morgan fingerprint density at radius 3 is 2.83 bits per heavy atom. The van der Waals surface area contributed by atoms with Crippen LogP contribution in [0.5, 0.6) is 0 Å². The summed E-state index contributed by atoms with van der Waals surface area (Å²) in [6, 6.07) is 3.22. The van der Waals surface area contributed by atoms with Crippen LogP contribution < -0.4 is 4.90 Å². The maximum Gasteiger partial charge on any atom is 0.350 e. The van der Waals surface area contributed by atoms with E-state index in [-0.39, 0.29) is 29.5 Å². The van der Waals surface area contributed by atoms with Crippen LogP contribution in [0.4, 0.5) is 5.13 Å². The van der Waals surface area contributed by atoms with E-state index in [1.807, 2.05) is 17.5 Å². The Hall–Kier alpha value is -2.52. The van der Waals surface area contributed by atoms with Crippen LogP contribution >= 0.6 is 22.7 Å². The van der Waals surface area contributed by atoms with Gasteiger partial charge in [0.1, 0.15) is 17.0 Å². The number of ketones is 1. The molecule has 2 aromatic rings. The third-order valence-corrected chi connectivity index (χ3v) is 8.00. The predicted molar refractivity (Wildman–Crippen MR) is 112 cm³/mol. The molecule has 1 fully saturated rings. The summed E-state index contributed by atoms with van der Waals surface area (Å²) in [7, 11) is 1.31. The molecule has 2 aromatic heterocycles. The summed E-state index contributed by atoms with van der Waals surface area (Å²) in [5.74, 6) is -0.903. The molecular weight excluding hydrogens is 424 g/mol. The van der Waals surface area contributed by atoms with E-state index in [1.54, 1.807) is 6.92 Å². The number of methoxy groups -OCH3 is 1. The summed E-state index contributed by atoms with van der Waals surface area (Å²) in [5, 5.41) is 2.28. The molecule has 3 unspecified atom stereocenters. The number of aromatic nitrogens is 1. The Kier molecular flexibility index (Phi) is 4.74. The number of thiophene rings is 1. The van der Waals surface area contributed by atoms with E-state index < -0.39 is 12.0 Å². The first-order valence-corrected chi connectivity index (χ1v) is 11.6. The van der Waals surface area contributed by atoms with Crippen LogP contribution in [0.15, 0.2) is 28.8 Å². The monoisotopic (exact) mass is 444 g/mol. The fraction of sp³-hybridized carbons (Fsp3) is 0.429. The lowest BCUT2D eigenvalue weighted by Crippen LogP contribution is -2.39. The molecule has 1 aliphatic carbocycles. The van der Waals surface area contributed by atoms with Gasteiger partial charge in [-0.05, 0) is 37.6 Å². The molecule has 0 aromatic carbocycles. The van der Waals surface area contributed by atoms with Crippen molar-refractivity contribution in [2.75, 3.05) is 12.0 Å². The molecule has 0 radical (unpaired) electrons. The van der Waals surface area contributed by atoms with Gasteiger partial charge in [0.15, 0.2) is 16.7 Å². The average molecular weight is 445 g/mol. The molecule has 0 N–H and O–H groups in total. The Balaban J connectivity index is 1.62. The van der Waals surface area contributed by atoms with Crippen molar-refractivity contribution in [2.24, 2.45) is 5.92 Å². The third kappa shape index (κ3) is 2.83. The Morgan fingerprint density at radius 1 is 1.30 bits per heavy atom. The first-order chi connectivity index (χ1) is 14.5. The van der Waals surface area contributed by atoms with E-state index in [0.717, 1.165) is 41.9 Å². The van der Waals surface area contributed by atoms with Crippen LogP contribution in [-0.4, -0.2) is 35.9 Å². The van der Waals surface area contributed by atoms with Crippen LogP contribution in [0.25, 0.3) is 0 Å². The van der Waals surface area contributed by atoms with Gasteiger partial charge in [-0.15, -0.1) is 11.3 Å². The second-order valence-corrected chi connectivity index (χ2v) is 9.61. The molecule has 9 heteroatoms. The molecule has 1 saturated carbocycles. The highest BCUT2D eigenvalue weighted by atomic mass is 32.1. The van der Waals surface area contributed by atoms with Crippen LogP contribution in [0.3, 0.4) is 0 Å². The Labute approximate surface area is 181 Å². The number of fused-ring (bicyclic) bond motifs is 1. The van der Waals surface area contributed by atoms with Gasteiger partial charge in [0.2, 0.25) is 0 Å². The number of aryl methyl sites for hydroxylation is 1. The molecular formula is C21H20N2O5S2. The maximum atomic E-state index is 13.5. The molecule has 5 rings (SSSR count). The minimum Gasteiger partial charge on any atom is -0.483 e.